The molecule has 1 saturated heterocycles. The summed E-state index contributed by atoms with van der Waals surface area (Å²) in [5.74, 6) is 0.475. The Bertz CT molecular complexity index is 840. The number of pyridine rings is 1. The smallest absolute Gasteiger partial charge is 0.322 e. The van der Waals surface area contributed by atoms with Crippen molar-refractivity contribution in [2.75, 3.05) is 25.0 Å². The van der Waals surface area contributed by atoms with Crippen molar-refractivity contribution in [2.45, 2.75) is 24.9 Å². The number of carbonyl (C=O) groups is 1. The van der Waals surface area contributed by atoms with Crippen molar-refractivity contribution >= 4 is 11.7 Å². The summed E-state index contributed by atoms with van der Waals surface area (Å²) in [5, 5.41) is 11.9. The van der Waals surface area contributed by atoms with Crippen molar-refractivity contribution in [1.29, 1.82) is 5.26 Å². The molecule has 2 aromatic rings. The Kier molecular flexibility index (Phi) is 4.55. The third kappa shape index (κ3) is 3.53. The molecule has 1 atom stereocenters. The number of rotatable bonds is 3. The van der Waals surface area contributed by atoms with Crippen LogP contribution >= 0.6 is 0 Å². The highest BCUT2D eigenvalue weighted by Gasteiger charge is 2.30. The molecule has 2 heterocycles. The quantitative estimate of drug-likeness (QED) is 0.922. The van der Waals surface area contributed by atoms with Crippen LogP contribution in [0.2, 0.25) is 0 Å². The number of hydrogen-bond acceptors (Lipinski definition) is 4. The Balaban J connectivity index is 1.44. The number of anilines is 1. The molecule has 0 bridgehead atoms. The fraction of sp³-hybridized carbons (Fsp3) is 0.350. The van der Waals surface area contributed by atoms with Crippen LogP contribution in [0, 0.1) is 11.3 Å². The molecule has 2 amide bonds. The first-order valence-electron chi connectivity index (χ1n) is 8.87. The molecule has 26 heavy (non-hydrogen) atoms. The number of carbonyl (C=O) groups excluding carboxylic acids is 1. The summed E-state index contributed by atoms with van der Waals surface area (Å²) in [6, 6.07) is 13.1. The highest BCUT2D eigenvalue weighted by Crippen LogP contribution is 2.42. The van der Waals surface area contributed by atoms with Gasteiger partial charge in [-0.2, -0.15) is 5.26 Å². The van der Waals surface area contributed by atoms with E-state index in [1.165, 1.54) is 0 Å². The SMILES string of the molecule is N#Cc1ccc(C2CN(C(=O)Nc3cccnc3C3CC3)CCO2)cc1. The van der Waals surface area contributed by atoms with Crippen LogP contribution in [0.1, 0.15) is 41.7 Å². The number of benzene rings is 1. The van der Waals surface area contributed by atoms with E-state index in [0.717, 1.165) is 29.8 Å². The monoisotopic (exact) mass is 348 g/mol. The van der Waals surface area contributed by atoms with Crippen LogP contribution in [0.5, 0.6) is 0 Å². The fourth-order valence-electron chi connectivity index (χ4n) is 3.21. The molecule has 4 rings (SSSR count). The molecule has 2 fully saturated rings. The Morgan fingerprint density at radius 2 is 2.08 bits per heavy atom. The lowest BCUT2D eigenvalue weighted by atomic mass is 10.1. The van der Waals surface area contributed by atoms with Crippen molar-refractivity contribution in [1.82, 2.24) is 9.88 Å². The number of nitrogens with zero attached hydrogens (tertiary/aromatic N) is 3. The minimum atomic E-state index is -0.181. The number of morpholine rings is 1. The first kappa shape index (κ1) is 16.6. The van der Waals surface area contributed by atoms with Crippen LogP contribution in [0.3, 0.4) is 0 Å². The molecule has 0 radical (unpaired) electrons. The van der Waals surface area contributed by atoms with E-state index < -0.39 is 0 Å². The second-order valence-electron chi connectivity index (χ2n) is 6.68. The molecule has 1 aromatic heterocycles. The molecule has 0 spiro atoms. The highest BCUT2D eigenvalue weighted by molar-refractivity contribution is 5.90. The van der Waals surface area contributed by atoms with Crippen molar-refractivity contribution in [3.63, 3.8) is 0 Å². The van der Waals surface area contributed by atoms with Gasteiger partial charge in [0, 0.05) is 18.7 Å². The maximum atomic E-state index is 12.7. The van der Waals surface area contributed by atoms with E-state index in [1.54, 1.807) is 23.2 Å². The zero-order valence-electron chi connectivity index (χ0n) is 14.4. The van der Waals surface area contributed by atoms with Gasteiger partial charge in [-0.25, -0.2) is 4.79 Å². The van der Waals surface area contributed by atoms with Gasteiger partial charge in [0.1, 0.15) is 6.10 Å². The van der Waals surface area contributed by atoms with Gasteiger partial charge in [-0.15, -0.1) is 0 Å². The Morgan fingerprint density at radius 1 is 1.27 bits per heavy atom. The molecule has 6 heteroatoms. The lowest BCUT2D eigenvalue weighted by Crippen LogP contribution is -2.44. The zero-order valence-corrected chi connectivity index (χ0v) is 14.4. The Morgan fingerprint density at radius 3 is 2.81 bits per heavy atom. The topological polar surface area (TPSA) is 78.3 Å². The van der Waals surface area contributed by atoms with Crippen LogP contribution in [0.15, 0.2) is 42.6 Å². The molecule has 1 saturated carbocycles. The summed E-state index contributed by atoms with van der Waals surface area (Å²) >= 11 is 0. The molecule has 1 aliphatic carbocycles. The minimum absolute atomic E-state index is 0.123. The van der Waals surface area contributed by atoms with Crippen LogP contribution in [0.4, 0.5) is 10.5 Å². The number of urea groups is 1. The maximum absolute atomic E-state index is 12.7. The van der Waals surface area contributed by atoms with E-state index in [9.17, 15) is 4.79 Å². The van der Waals surface area contributed by atoms with E-state index in [2.05, 4.69) is 16.4 Å². The summed E-state index contributed by atoms with van der Waals surface area (Å²) in [6.07, 6.45) is 3.87. The van der Waals surface area contributed by atoms with Crippen molar-refractivity contribution < 1.29 is 9.53 Å². The highest BCUT2D eigenvalue weighted by atomic mass is 16.5. The second kappa shape index (κ2) is 7.14. The van der Waals surface area contributed by atoms with Crippen molar-refractivity contribution in [3.8, 4) is 6.07 Å². The predicted molar refractivity (Wildman–Crippen MR) is 96.7 cm³/mol. The number of amides is 2. The van der Waals surface area contributed by atoms with E-state index in [1.807, 2.05) is 24.3 Å². The number of nitriles is 1. The van der Waals surface area contributed by atoms with E-state index in [4.69, 9.17) is 10.00 Å². The Labute approximate surface area is 152 Å². The van der Waals surface area contributed by atoms with Gasteiger partial charge in [-0.05, 0) is 42.7 Å². The summed E-state index contributed by atoms with van der Waals surface area (Å²) in [7, 11) is 0. The van der Waals surface area contributed by atoms with Gasteiger partial charge < -0.3 is 15.0 Å². The summed E-state index contributed by atoms with van der Waals surface area (Å²) < 4.78 is 5.82. The van der Waals surface area contributed by atoms with Gasteiger partial charge in [0.05, 0.1) is 36.2 Å². The van der Waals surface area contributed by atoms with E-state index in [0.29, 0.717) is 31.2 Å². The summed E-state index contributed by atoms with van der Waals surface area (Å²) in [6.45, 7) is 1.52. The third-order valence-corrected chi connectivity index (χ3v) is 4.81. The second-order valence-corrected chi connectivity index (χ2v) is 6.68. The van der Waals surface area contributed by atoms with Gasteiger partial charge in [-0.3, -0.25) is 4.98 Å². The zero-order chi connectivity index (χ0) is 17.9. The third-order valence-electron chi connectivity index (χ3n) is 4.81. The molecule has 132 valence electrons. The number of ether oxygens (including phenoxy) is 1. The molecular weight excluding hydrogens is 328 g/mol. The van der Waals surface area contributed by atoms with Crippen LogP contribution in [-0.2, 0) is 4.74 Å². The average molecular weight is 348 g/mol. The predicted octanol–water partition coefficient (Wildman–Crippen LogP) is 3.44. The summed E-state index contributed by atoms with van der Waals surface area (Å²) in [4.78, 5) is 18.9. The van der Waals surface area contributed by atoms with Crippen molar-refractivity contribution in [2.24, 2.45) is 0 Å². The van der Waals surface area contributed by atoms with Gasteiger partial charge >= 0.3 is 6.03 Å². The van der Waals surface area contributed by atoms with Gasteiger partial charge in [0.25, 0.3) is 0 Å². The van der Waals surface area contributed by atoms with Crippen LogP contribution in [-0.4, -0.2) is 35.6 Å². The molecule has 1 unspecified atom stereocenters. The summed E-state index contributed by atoms with van der Waals surface area (Å²) in [5.41, 5.74) is 3.38. The van der Waals surface area contributed by atoms with Crippen LogP contribution in [0.25, 0.3) is 0 Å². The molecule has 1 N–H and O–H groups in total. The lowest BCUT2D eigenvalue weighted by Gasteiger charge is -2.33. The molecule has 1 aliphatic heterocycles. The minimum Gasteiger partial charge on any atom is -0.370 e. The van der Waals surface area contributed by atoms with E-state index >= 15 is 0 Å². The Hall–Kier alpha value is -2.91. The molecule has 2 aliphatic rings. The van der Waals surface area contributed by atoms with Gasteiger partial charge in [-0.1, -0.05) is 12.1 Å². The van der Waals surface area contributed by atoms with E-state index in [-0.39, 0.29) is 12.1 Å². The van der Waals surface area contributed by atoms with Gasteiger partial charge in [0.2, 0.25) is 0 Å². The number of nitrogens with one attached hydrogen (secondary N) is 1. The number of aromatic nitrogens is 1. The first-order valence-corrected chi connectivity index (χ1v) is 8.87. The van der Waals surface area contributed by atoms with Crippen molar-refractivity contribution in [3.05, 3.63) is 59.4 Å². The fourth-order valence-corrected chi connectivity index (χ4v) is 3.21. The van der Waals surface area contributed by atoms with Gasteiger partial charge in [0.15, 0.2) is 0 Å². The maximum Gasteiger partial charge on any atom is 0.322 e. The molecular formula is C20H20N4O2. The van der Waals surface area contributed by atoms with Crippen LogP contribution < -0.4 is 5.32 Å². The number of hydrogen-bond donors (Lipinski definition) is 1. The standard InChI is InChI=1S/C20H20N4O2/c21-12-14-3-5-15(6-4-14)18-13-24(10-11-26-18)20(25)23-17-2-1-9-22-19(17)16-7-8-16/h1-6,9,16,18H,7-8,10-11,13H2,(H,23,25). The average Bonchev–Trinajstić information content (AvgIpc) is 3.54. The first-order chi connectivity index (χ1) is 12.7. The largest absolute Gasteiger partial charge is 0.370 e. The molecule has 6 nitrogen and oxygen atoms in total. The molecule has 1 aromatic carbocycles. The normalized spacial score (nSPS) is 19.7. The lowest BCUT2D eigenvalue weighted by molar-refractivity contribution is -0.0135.